The fourth-order valence-electron chi connectivity index (χ4n) is 1.17. The summed E-state index contributed by atoms with van der Waals surface area (Å²) >= 11 is 4.75. The summed E-state index contributed by atoms with van der Waals surface area (Å²) in [6.45, 7) is 0. The first kappa shape index (κ1) is 9.78. The van der Waals surface area contributed by atoms with Crippen LogP contribution in [0.5, 0.6) is 0 Å². The number of nitrogens with two attached hydrogens (primary N) is 1. The summed E-state index contributed by atoms with van der Waals surface area (Å²) in [5, 5.41) is 6.09. The first-order chi connectivity index (χ1) is 7.11. The predicted octanol–water partition coefficient (Wildman–Crippen LogP) is 1.60. The molecule has 3 N–H and O–H groups in total. The summed E-state index contributed by atoms with van der Waals surface area (Å²) in [6, 6.07) is 3.75. The molecule has 0 radical (unpaired) electrons. The van der Waals surface area contributed by atoms with Crippen LogP contribution >= 0.6 is 12.2 Å². The van der Waals surface area contributed by atoms with Gasteiger partial charge in [-0.25, -0.2) is 18.6 Å². The van der Waals surface area contributed by atoms with Crippen molar-refractivity contribution in [1.29, 1.82) is 0 Å². The topological polar surface area (TPSA) is 59.6 Å². The molecule has 0 aliphatic heterocycles. The highest BCUT2D eigenvalue weighted by Crippen LogP contribution is 2.21. The highest BCUT2D eigenvalue weighted by Gasteiger charge is 2.14. The molecule has 15 heavy (non-hydrogen) atoms. The van der Waals surface area contributed by atoms with Crippen LogP contribution in [0.3, 0.4) is 0 Å². The van der Waals surface area contributed by atoms with E-state index in [0.29, 0.717) is 0 Å². The molecule has 2 rings (SSSR count). The Morgan fingerprint density at radius 2 is 2.13 bits per heavy atom. The number of rotatable bonds is 1. The van der Waals surface area contributed by atoms with Gasteiger partial charge in [-0.3, -0.25) is 0 Å². The molecule has 0 atom stereocenters. The molecule has 0 spiro atoms. The molecule has 0 bridgehead atoms. The molecule has 0 aliphatic rings. The smallest absolute Gasteiger partial charge is 0.214 e. The number of nitrogen functional groups attached to an aromatic ring is 1. The van der Waals surface area contributed by atoms with Gasteiger partial charge in [0.2, 0.25) is 4.77 Å². The third-order valence-corrected chi connectivity index (χ3v) is 2.18. The molecule has 78 valence electrons. The van der Waals surface area contributed by atoms with Crippen LogP contribution in [0.25, 0.3) is 11.4 Å². The van der Waals surface area contributed by atoms with Crippen LogP contribution in [0.15, 0.2) is 18.2 Å². The largest absolute Gasteiger partial charge is 0.335 e. The van der Waals surface area contributed by atoms with Crippen LogP contribution in [0.1, 0.15) is 0 Å². The Morgan fingerprint density at radius 1 is 1.40 bits per heavy atom. The minimum absolute atomic E-state index is 0.0372. The van der Waals surface area contributed by atoms with Crippen molar-refractivity contribution in [2.45, 2.75) is 0 Å². The van der Waals surface area contributed by atoms with Gasteiger partial charge >= 0.3 is 0 Å². The van der Waals surface area contributed by atoms with Crippen molar-refractivity contribution in [3.63, 3.8) is 0 Å². The Kier molecular flexibility index (Phi) is 2.24. The second-order valence-corrected chi connectivity index (χ2v) is 3.21. The quantitative estimate of drug-likeness (QED) is 0.575. The third-order valence-electron chi connectivity index (χ3n) is 1.90. The molecule has 0 amide bonds. The maximum absolute atomic E-state index is 13.3. The molecular formula is C8H6F2N4S. The molecule has 1 aromatic carbocycles. The maximum atomic E-state index is 13.3. The van der Waals surface area contributed by atoms with E-state index in [-0.39, 0.29) is 16.2 Å². The van der Waals surface area contributed by atoms with E-state index in [1.165, 1.54) is 12.1 Å². The first-order valence-electron chi connectivity index (χ1n) is 3.98. The van der Waals surface area contributed by atoms with Crippen molar-refractivity contribution in [3.05, 3.63) is 34.6 Å². The molecule has 0 saturated carbocycles. The Morgan fingerprint density at radius 3 is 2.73 bits per heavy atom. The van der Waals surface area contributed by atoms with E-state index >= 15 is 0 Å². The van der Waals surface area contributed by atoms with Crippen LogP contribution in [-0.4, -0.2) is 14.9 Å². The summed E-state index contributed by atoms with van der Waals surface area (Å²) in [7, 11) is 0. The Bertz CT molecular complexity index is 560. The lowest BCUT2D eigenvalue weighted by Gasteiger charge is -2.02. The average molecular weight is 228 g/mol. The summed E-state index contributed by atoms with van der Waals surface area (Å²) in [5.74, 6) is 3.58. The standard InChI is InChI=1S/C8H6F2N4S/c9-5-3-1-2-4(6(5)10)7-12-13-8(15)14(7)11/h1-3H,11H2,(H,13,15). The summed E-state index contributed by atoms with van der Waals surface area (Å²) in [4.78, 5) is 0. The van der Waals surface area contributed by atoms with Crippen LogP contribution in [0.4, 0.5) is 8.78 Å². The second kappa shape index (κ2) is 3.43. The zero-order valence-electron chi connectivity index (χ0n) is 7.37. The number of hydrogen-bond acceptors (Lipinski definition) is 3. The van der Waals surface area contributed by atoms with Gasteiger partial charge in [-0.15, -0.1) is 0 Å². The Hall–Kier alpha value is -1.76. The minimum Gasteiger partial charge on any atom is -0.335 e. The molecule has 0 aliphatic carbocycles. The first-order valence-corrected chi connectivity index (χ1v) is 4.39. The van der Waals surface area contributed by atoms with Crippen molar-refractivity contribution in [3.8, 4) is 11.4 Å². The molecule has 4 nitrogen and oxygen atoms in total. The molecule has 1 aromatic heterocycles. The molecule has 0 unspecified atom stereocenters. The van der Waals surface area contributed by atoms with E-state index in [2.05, 4.69) is 10.2 Å². The van der Waals surface area contributed by atoms with E-state index < -0.39 is 11.6 Å². The third kappa shape index (κ3) is 1.50. The van der Waals surface area contributed by atoms with E-state index in [9.17, 15) is 8.78 Å². The lowest BCUT2D eigenvalue weighted by atomic mass is 10.2. The van der Waals surface area contributed by atoms with E-state index in [1.807, 2.05) is 0 Å². The number of nitrogens with one attached hydrogen (secondary N) is 1. The van der Waals surface area contributed by atoms with Gasteiger partial charge in [0.25, 0.3) is 0 Å². The minimum atomic E-state index is -1.00. The van der Waals surface area contributed by atoms with Crippen molar-refractivity contribution in [1.82, 2.24) is 14.9 Å². The highest BCUT2D eigenvalue weighted by molar-refractivity contribution is 7.71. The molecular weight excluding hydrogens is 222 g/mol. The normalized spacial score (nSPS) is 10.5. The van der Waals surface area contributed by atoms with Gasteiger partial charge in [0.05, 0.1) is 5.56 Å². The van der Waals surface area contributed by atoms with E-state index in [1.54, 1.807) is 0 Å². The van der Waals surface area contributed by atoms with Gasteiger partial charge < -0.3 is 5.84 Å². The van der Waals surface area contributed by atoms with Crippen molar-refractivity contribution in [2.75, 3.05) is 5.84 Å². The van der Waals surface area contributed by atoms with Gasteiger partial charge in [-0.05, 0) is 24.4 Å². The lowest BCUT2D eigenvalue weighted by Crippen LogP contribution is -2.10. The maximum Gasteiger partial charge on any atom is 0.214 e. The summed E-state index contributed by atoms with van der Waals surface area (Å²) in [6.07, 6.45) is 0. The summed E-state index contributed by atoms with van der Waals surface area (Å²) in [5.41, 5.74) is -0.0372. The van der Waals surface area contributed by atoms with Crippen molar-refractivity contribution < 1.29 is 8.78 Å². The number of nitrogens with zero attached hydrogens (tertiary/aromatic N) is 2. The van der Waals surface area contributed by atoms with Crippen molar-refractivity contribution >= 4 is 12.2 Å². The number of halogens is 2. The SMILES string of the molecule is Nn1c(-c2cccc(F)c2F)n[nH]c1=S. The van der Waals surface area contributed by atoms with Gasteiger partial charge in [0, 0.05) is 0 Å². The number of hydrogen-bond donors (Lipinski definition) is 2. The zero-order chi connectivity index (χ0) is 11.0. The number of aromatic nitrogens is 3. The van der Waals surface area contributed by atoms with E-state index in [0.717, 1.165) is 10.7 Å². The zero-order valence-corrected chi connectivity index (χ0v) is 8.18. The average Bonchev–Trinajstić information content (AvgIpc) is 2.53. The van der Waals surface area contributed by atoms with Crippen LogP contribution in [0, 0.1) is 16.4 Å². The van der Waals surface area contributed by atoms with Gasteiger partial charge in [-0.1, -0.05) is 6.07 Å². The van der Waals surface area contributed by atoms with Gasteiger partial charge in [0.1, 0.15) is 0 Å². The fourth-order valence-corrected chi connectivity index (χ4v) is 1.30. The lowest BCUT2D eigenvalue weighted by molar-refractivity contribution is 0.510. The fraction of sp³-hybridized carbons (Fsp3) is 0. The highest BCUT2D eigenvalue weighted by atomic mass is 32.1. The Labute approximate surface area is 88.3 Å². The van der Waals surface area contributed by atoms with Gasteiger partial charge in [-0.2, -0.15) is 5.10 Å². The molecule has 1 heterocycles. The number of aromatic amines is 1. The molecule has 2 aromatic rings. The number of H-pyrrole nitrogens is 1. The second-order valence-electron chi connectivity index (χ2n) is 2.82. The molecule has 0 saturated heterocycles. The molecule has 0 fully saturated rings. The van der Waals surface area contributed by atoms with E-state index in [4.69, 9.17) is 18.1 Å². The van der Waals surface area contributed by atoms with Gasteiger partial charge in [0.15, 0.2) is 17.5 Å². The monoisotopic (exact) mass is 228 g/mol. The van der Waals surface area contributed by atoms with Crippen LogP contribution < -0.4 is 5.84 Å². The number of benzene rings is 1. The summed E-state index contributed by atoms with van der Waals surface area (Å²) < 4.78 is 27.4. The molecule has 7 heteroatoms. The Balaban J connectivity index is 2.69. The van der Waals surface area contributed by atoms with Crippen molar-refractivity contribution in [2.24, 2.45) is 0 Å². The van der Waals surface area contributed by atoms with Crippen LogP contribution in [-0.2, 0) is 0 Å². The van der Waals surface area contributed by atoms with Crippen LogP contribution in [0.2, 0.25) is 0 Å². The predicted molar refractivity (Wildman–Crippen MR) is 52.9 cm³/mol.